The largest absolute Gasteiger partial charge is 0.326 e. The van der Waals surface area contributed by atoms with Gasteiger partial charge >= 0.3 is 6.03 Å². The molecule has 3 rings (SSSR count). The van der Waals surface area contributed by atoms with Gasteiger partial charge in [0, 0.05) is 22.4 Å². The summed E-state index contributed by atoms with van der Waals surface area (Å²) in [5, 5.41) is 3.62. The fourth-order valence-electron chi connectivity index (χ4n) is 2.79. The van der Waals surface area contributed by atoms with Crippen LogP contribution in [0.3, 0.4) is 0 Å². The third kappa shape index (κ3) is 2.49. The Balaban J connectivity index is 1.88. The molecule has 0 saturated carbocycles. The zero-order chi connectivity index (χ0) is 15.0. The molecule has 2 amide bonds. The summed E-state index contributed by atoms with van der Waals surface area (Å²) in [6.45, 7) is 3.96. The number of halogens is 1. The Kier molecular flexibility index (Phi) is 3.60. The quantitative estimate of drug-likeness (QED) is 0.818. The van der Waals surface area contributed by atoms with Gasteiger partial charge in [0.25, 0.3) is 0 Å². The molecule has 0 aromatic heterocycles. The van der Waals surface area contributed by atoms with Gasteiger partial charge in [-0.05, 0) is 49.6 Å². The van der Waals surface area contributed by atoms with Gasteiger partial charge < -0.3 is 5.32 Å². The highest BCUT2D eigenvalue weighted by Gasteiger charge is 2.30. The lowest BCUT2D eigenvalue weighted by Gasteiger charge is -2.23. The molecule has 108 valence electrons. The number of nitrogens with zero attached hydrogens (tertiary/aromatic N) is 1. The number of fused-ring (bicyclic) bond motifs is 1. The number of carbonyl (C=O) groups is 1. The molecule has 0 fully saturated rings. The number of rotatable bonds is 1. The number of hydrogen-bond donors (Lipinski definition) is 1. The summed E-state index contributed by atoms with van der Waals surface area (Å²) < 4.78 is 0. The van der Waals surface area contributed by atoms with Gasteiger partial charge in [-0.3, -0.25) is 4.90 Å². The number of benzene rings is 2. The molecule has 2 aromatic rings. The molecule has 0 bridgehead atoms. The average Bonchev–Trinajstić information content (AvgIpc) is 2.79. The zero-order valence-corrected chi connectivity index (χ0v) is 12.8. The minimum absolute atomic E-state index is 0.113. The normalized spacial score (nSPS) is 16.7. The summed E-state index contributed by atoms with van der Waals surface area (Å²) in [5.74, 6) is 0. The third-order valence-electron chi connectivity index (χ3n) is 3.94. The lowest BCUT2D eigenvalue weighted by molar-refractivity contribution is 0.256. The highest BCUT2D eigenvalue weighted by atomic mass is 35.5. The van der Waals surface area contributed by atoms with E-state index in [1.54, 1.807) is 0 Å². The Bertz CT molecular complexity index is 699. The van der Waals surface area contributed by atoms with Gasteiger partial charge in [0.05, 0.1) is 0 Å². The number of carbonyl (C=O) groups excluding carboxylic acids is 1. The molecule has 21 heavy (non-hydrogen) atoms. The number of hydrogen-bond acceptors (Lipinski definition) is 1. The Morgan fingerprint density at radius 2 is 2.00 bits per heavy atom. The average molecular weight is 301 g/mol. The van der Waals surface area contributed by atoms with Crippen molar-refractivity contribution in [1.82, 2.24) is 0 Å². The predicted molar refractivity (Wildman–Crippen MR) is 87.3 cm³/mol. The van der Waals surface area contributed by atoms with Crippen LogP contribution in [0.5, 0.6) is 0 Å². The molecule has 1 atom stereocenters. The molecule has 0 saturated heterocycles. The molecule has 0 spiro atoms. The highest BCUT2D eigenvalue weighted by molar-refractivity contribution is 6.31. The summed E-state index contributed by atoms with van der Waals surface area (Å²) in [4.78, 5) is 14.4. The number of para-hydroxylation sites is 1. The summed E-state index contributed by atoms with van der Waals surface area (Å²) in [6.07, 6.45) is 0.887. The molecule has 0 aliphatic carbocycles. The summed E-state index contributed by atoms with van der Waals surface area (Å²) in [7, 11) is 0. The number of anilines is 2. The van der Waals surface area contributed by atoms with Crippen molar-refractivity contribution in [2.45, 2.75) is 26.3 Å². The zero-order valence-electron chi connectivity index (χ0n) is 12.1. The first-order valence-corrected chi connectivity index (χ1v) is 7.39. The van der Waals surface area contributed by atoms with E-state index in [0.29, 0.717) is 5.02 Å². The van der Waals surface area contributed by atoms with Crippen LogP contribution in [0.25, 0.3) is 0 Å². The van der Waals surface area contributed by atoms with E-state index in [2.05, 4.69) is 18.3 Å². The molecule has 1 aliphatic heterocycles. The van der Waals surface area contributed by atoms with Crippen LogP contribution in [0.2, 0.25) is 5.02 Å². The monoisotopic (exact) mass is 300 g/mol. The number of nitrogens with one attached hydrogen (secondary N) is 1. The van der Waals surface area contributed by atoms with Crippen LogP contribution >= 0.6 is 11.6 Å². The Morgan fingerprint density at radius 3 is 2.81 bits per heavy atom. The first kappa shape index (κ1) is 14.0. The molecule has 3 nitrogen and oxygen atoms in total. The first-order valence-electron chi connectivity index (χ1n) is 7.01. The Hall–Kier alpha value is -2.00. The third-order valence-corrected chi connectivity index (χ3v) is 4.34. The van der Waals surface area contributed by atoms with Crippen LogP contribution in [0.4, 0.5) is 16.2 Å². The second-order valence-corrected chi connectivity index (χ2v) is 5.80. The van der Waals surface area contributed by atoms with E-state index in [4.69, 9.17) is 11.6 Å². The highest BCUT2D eigenvalue weighted by Crippen LogP contribution is 2.32. The van der Waals surface area contributed by atoms with E-state index in [0.717, 1.165) is 23.4 Å². The van der Waals surface area contributed by atoms with Gasteiger partial charge in [-0.25, -0.2) is 4.79 Å². The minimum Gasteiger partial charge on any atom is -0.307 e. The maximum Gasteiger partial charge on any atom is 0.326 e. The van der Waals surface area contributed by atoms with Gasteiger partial charge in [-0.1, -0.05) is 35.9 Å². The van der Waals surface area contributed by atoms with Crippen molar-refractivity contribution in [1.29, 1.82) is 0 Å². The lowest BCUT2D eigenvalue weighted by atomic mass is 10.1. The van der Waals surface area contributed by atoms with Gasteiger partial charge in [-0.15, -0.1) is 0 Å². The Morgan fingerprint density at radius 1 is 1.24 bits per heavy atom. The van der Waals surface area contributed by atoms with Crippen LogP contribution < -0.4 is 10.2 Å². The molecule has 1 aliphatic rings. The second kappa shape index (κ2) is 5.41. The van der Waals surface area contributed by atoms with Crippen LogP contribution in [0.15, 0.2) is 42.5 Å². The van der Waals surface area contributed by atoms with Crippen molar-refractivity contribution in [2.75, 3.05) is 10.2 Å². The van der Waals surface area contributed by atoms with E-state index in [1.807, 2.05) is 48.2 Å². The fourth-order valence-corrected chi connectivity index (χ4v) is 2.97. The molecular weight excluding hydrogens is 284 g/mol. The fraction of sp³-hybridized carbons (Fsp3) is 0.235. The summed E-state index contributed by atoms with van der Waals surface area (Å²) in [6, 6.07) is 13.6. The van der Waals surface area contributed by atoms with E-state index >= 15 is 0 Å². The predicted octanol–water partition coefficient (Wildman–Crippen LogP) is 4.63. The van der Waals surface area contributed by atoms with Crippen molar-refractivity contribution in [2.24, 2.45) is 0 Å². The van der Waals surface area contributed by atoms with Crippen LogP contribution in [0, 0.1) is 6.92 Å². The SMILES string of the molecule is Cc1c(Cl)cccc1NC(=O)N1c2ccccc2CC1C. The van der Waals surface area contributed by atoms with Crippen molar-refractivity contribution < 1.29 is 4.79 Å². The first-order chi connectivity index (χ1) is 10.1. The topological polar surface area (TPSA) is 32.3 Å². The molecule has 1 N–H and O–H groups in total. The number of amides is 2. The van der Waals surface area contributed by atoms with Crippen molar-refractivity contribution in [3.05, 3.63) is 58.6 Å². The van der Waals surface area contributed by atoms with Crippen LogP contribution in [-0.4, -0.2) is 12.1 Å². The van der Waals surface area contributed by atoms with E-state index in [1.165, 1.54) is 5.56 Å². The maximum atomic E-state index is 12.6. The Labute approximate surface area is 129 Å². The molecule has 2 aromatic carbocycles. The molecule has 0 radical (unpaired) electrons. The molecule has 4 heteroatoms. The molecule has 1 unspecified atom stereocenters. The van der Waals surface area contributed by atoms with Crippen molar-refractivity contribution >= 4 is 29.0 Å². The van der Waals surface area contributed by atoms with E-state index in [-0.39, 0.29) is 12.1 Å². The molecular formula is C17H17ClN2O. The van der Waals surface area contributed by atoms with Crippen molar-refractivity contribution in [3.8, 4) is 0 Å². The van der Waals surface area contributed by atoms with Gasteiger partial charge in [0.15, 0.2) is 0 Å². The van der Waals surface area contributed by atoms with Gasteiger partial charge in [0.2, 0.25) is 0 Å². The standard InChI is InChI=1S/C17H17ClN2O/c1-11-10-13-6-3-4-9-16(13)20(11)17(21)19-15-8-5-7-14(18)12(15)2/h3-9,11H,10H2,1-2H3,(H,19,21). The number of urea groups is 1. The second-order valence-electron chi connectivity index (χ2n) is 5.39. The van der Waals surface area contributed by atoms with E-state index < -0.39 is 0 Å². The molecule has 1 heterocycles. The lowest BCUT2D eigenvalue weighted by Crippen LogP contribution is -2.39. The maximum absolute atomic E-state index is 12.6. The van der Waals surface area contributed by atoms with Gasteiger partial charge in [-0.2, -0.15) is 0 Å². The van der Waals surface area contributed by atoms with Gasteiger partial charge in [0.1, 0.15) is 0 Å². The van der Waals surface area contributed by atoms with Crippen molar-refractivity contribution in [3.63, 3.8) is 0 Å². The smallest absolute Gasteiger partial charge is 0.307 e. The van der Waals surface area contributed by atoms with Crippen LogP contribution in [-0.2, 0) is 6.42 Å². The van der Waals surface area contributed by atoms with Crippen LogP contribution in [0.1, 0.15) is 18.1 Å². The summed E-state index contributed by atoms with van der Waals surface area (Å²) in [5.41, 5.74) is 3.84. The summed E-state index contributed by atoms with van der Waals surface area (Å²) >= 11 is 6.10. The van der Waals surface area contributed by atoms with E-state index in [9.17, 15) is 4.79 Å². The minimum atomic E-state index is -0.113.